The molecule has 0 radical (unpaired) electrons. The molecule has 0 amide bonds. The van der Waals surface area contributed by atoms with Gasteiger partial charge in [-0.15, -0.1) is 0 Å². The van der Waals surface area contributed by atoms with E-state index in [0.717, 1.165) is 38.2 Å². The molecule has 0 N–H and O–H groups in total. The van der Waals surface area contributed by atoms with Crippen molar-refractivity contribution in [3.63, 3.8) is 0 Å². The number of rotatable bonds is 19. The van der Waals surface area contributed by atoms with Crippen molar-refractivity contribution in [3.05, 3.63) is 0 Å². The summed E-state index contributed by atoms with van der Waals surface area (Å²) in [6.07, 6.45) is 5.49. The Balaban J connectivity index is 3.20. The highest BCUT2D eigenvalue weighted by molar-refractivity contribution is 5.81. The molecule has 25 heavy (non-hydrogen) atoms. The van der Waals surface area contributed by atoms with Gasteiger partial charge in [0.15, 0.2) is 5.78 Å². The topological polar surface area (TPSA) is 54.0 Å². The molecule has 150 valence electrons. The Bertz CT molecular complexity index is 294. The summed E-state index contributed by atoms with van der Waals surface area (Å²) >= 11 is 0. The molecule has 0 spiro atoms. The van der Waals surface area contributed by atoms with Crippen LogP contribution in [0.3, 0.4) is 0 Å². The van der Waals surface area contributed by atoms with Gasteiger partial charge in [-0.3, -0.25) is 4.79 Å². The van der Waals surface area contributed by atoms with Crippen molar-refractivity contribution in [3.8, 4) is 0 Å². The maximum absolute atomic E-state index is 11.8. The first-order chi connectivity index (χ1) is 12.1. The minimum absolute atomic E-state index is 0.0989. The Hall–Kier alpha value is -0.490. The summed E-state index contributed by atoms with van der Waals surface area (Å²) in [6, 6.07) is 0. The van der Waals surface area contributed by atoms with Crippen LogP contribution in [0.4, 0.5) is 0 Å². The van der Waals surface area contributed by atoms with Crippen molar-refractivity contribution < 1.29 is 23.7 Å². The number of ether oxygens (including phenoxy) is 4. The Morgan fingerprint density at radius 1 is 0.720 bits per heavy atom. The van der Waals surface area contributed by atoms with Crippen molar-refractivity contribution in [1.29, 1.82) is 0 Å². The Labute approximate surface area is 154 Å². The zero-order valence-corrected chi connectivity index (χ0v) is 16.9. The third-order valence-corrected chi connectivity index (χ3v) is 3.97. The third kappa shape index (κ3) is 18.1. The molecule has 0 aliphatic carbocycles. The van der Waals surface area contributed by atoms with Crippen LogP contribution >= 0.6 is 0 Å². The van der Waals surface area contributed by atoms with Crippen LogP contribution in [0.5, 0.6) is 0 Å². The smallest absolute Gasteiger partial charge is 0.161 e. The van der Waals surface area contributed by atoms with E-state index in [9.17, 15) is 4.79 Å². The van der Waals surface area contributed by atoms with E-state index in [1.54, 1.807) is 0 Å². The molecule has 0 aliphatic heterocycles. The van der Waals surface area contributed by atoms with Gasteiger partial charge < -0.3 is 18.9 Å². The lowest BCUT2D eigenvalue weighted by Gasteiger charge is -2.10. The van der Waals surface area contributed by atoms with Crippen molar-refractivity contribution in [2.24, 2.45) is 11.8 Å². The van der Waals surface area contributed by atoms with Crippen LogP contribution in [0.1, 0.15) is 59.8 Å². The number of hydrogen-bond acceptors (Lipinski definition) is 5. The van der Waals surface area contributed by atoms with Gasteiger partial charge in [0.1, 0.15) is 6.61 Å². The van der Waals surface area contributed by atoms with E-state index in [1.165, 1.54) is 6.42 Å². The minimum atomic E-state index is 0.0989. The summed E-state index contributed by atoms with van der Waals surface area (Å²) in [5.74, 6) is 1.02. The van der Waals surface area contributed by atoms with Crippen LogP contribution < -0.4 is 0 Å². The molecule has 0 saturated carbocycles. The molecule has 1 atom stereocenters. The average Bonchev–Trinajstić information content (AvgIpc) is 2.59. The fraction of sp³-hybridized carbons (Fsp3) is 0.950. The van der Waals surface area contributed by atoms with Crippen molar-refractivity contribution in [1.82, 2.24) is 0 Å². The van der Waals surface area contributed by atoms with Crippen molar-refractivity contribution in [2.75, 3.05) is 52.9 Å². The standard InChI is InChI=1S/C20H40O5/c1-5-6-9-19(4)20(21)17-25-16-15-24-14-13-23-12-11-22-10-7-8-18(2)3/h18-19H,5-17H2,1-4H3. The zero-order chi connectivity index (χ0) is 18.8. The molecule has 0 aromatic carbocycles. The highest BCUT2D eigenvalue weighted by Crippen LogP contribution is 2.08. The molecule has 0 fully saturated rings. The van der Waals surface area contributed by atoms with E-state index in [4.69, 9.17) is 18.9 Å². The minimum Gasteiger partial charge on any atom is -0.379 e. The van der Waals surface area contributed by atoms with E-state index in [1.807, 2.05) is 6.92 Å². The summed E-state index contributed by atoms with van der Waals surface area (Å²) in [7, 11) is 0. The van der Waals surface area contributed by atoms with Gasteiger partial charge in [-0.2, -0.15) is 0 Å². The molecular weight excluding hydrogens is 320 g/mol. The first-order valence-corrected chi connectivity index (χ1v) is 9.91. The molecule has 0 bridgehead atoms. The summed E-state index contributed by atoms with van der Waals surface area (Å²) in [6.45, 7) is 12.8. The molecule has 1 unspecified atom stereocenters. The Kier molecular flexibility index (Phi) is 17.9. The number of Topliss-reactive ketones (excluding diaryl/α,β-unsaturated/α-hetero) is 1. The van der Waals surface area contributed by atoms with Crippen LogP contribution in [0, 0.1) is 11.8 Å². The summed E-state index contributed by atoms with van der Waals surface area (Å²) in [4.78, 5) is 11.8. The van der Waals surface area contributed by atoms with E-state index in [0.29, 0.717) is 39.6 Å². The molecule has 0 aliphatic rings. The molecule has 5 nitrogen and oxygen atoms in total. The second kappa shape index (κ2) is 18.3. The predicted molar refractivity (Wildman–Crippen MR) is 101 cm³/mol. The van der Waals surface area contributed by atoms with Crippen molar-refractivity contribution >= 4 is 5.78 Å². The van der Waals surface area contributed by atoms with Crippen LogP contribution in [-0.4, -0.2) is 58.6 Å². The molecule has 0 rings (SSSR count). The SMILES string of the molecule is CCCCC(C)C(=O)COCCOCCOCCOCCCC(C)C. The summed E-state index contributed by atoms with van der Waals surface area (Å²) in [5, 5.41) is 0. The van der Waals surface area contributed by atoms with Crippen LogP contribution in [0.15, 0.2) is 0 Å². The second-order valence-electron chi connectivity index (χ2n) is 6.94. The van der Waals surface area contributed by atoms with Gasteiger partial charge in [-0.25, -0.2) is 0 Å². The zero-order valence-electron chi connectivity index (χ0n) is 16.9. The van der Waals surface area contributed by atoms with Crippen LogP contribution in [-0.2, 0) is 23.7 Å². The number of hydrogen-bond donors (Lipinski definition) is 0. The first-order valence-electron chi connectivity index (χ1n) is 9.91. The first kappa shape index (κ1) is 24.5. The van der Waals surface area contributed by atoms with Crippen LogP contribution in [0.2, 0.25) is 0 Å². The highest BCUT2D eigenvalue weighted by atomic mass is 16.6. The molecule has 0 aromatic rings. The molecule has 5 heteroatoms. The molecular formula is C20H40O5. The van der Waals surface area contributed by atoms with Gasteiger partial charge in [-0.05, 0) is 25.2 Å². The van der Waals surface area contributed by atoms with E-state index >= 15 is 0 Å². The van der Waals surface area contributed by atoms with Gasteiger partial charge in [0.2, 0.25) is 0 Å². The molecule has 0 aromatic heterocycles. The lowest BCUT2D eigenvalue weighted by Crippen LogP contribution is -2.19. The number of carbonyl (C=O) groups is 1. The fourth-order valence-electron chi connectivity index (χ4n) is 2.24. The van der Waals surface area contributed by atoms with Crippen LogP contribution in [0.25, 0.3) is 0 Å². The van der Waals surface area contributed by atoms with Gasteiger partial charge in [0, 0.05) is 12.5 Å². The molecule has 0 saturated heterocycles. The predicted octanol–water partition coefficient (Wildman–Crippen LogP) is 3.88. The summed E-state index contributed by atoms with van der Waals surface area (Å²) < 4.78 is 21.7. The van der Waals surface area contributed by atoms with Gasteiger partial charge in [0.05, 0.1) is 39.6 Å². The molecule has 0 heterocycles. The lowest BCUT2D eigenvalue weighted by molar-refractivity contribution is -0.127. The maximum Gasteiger partial charge on any atom is 0.161 e. The maximum atomic E-state index is 11.8. The largest absolute Gasteiger partial charge is 0.379 e. The van der Waals surface area contributed by atoms with Gasteiger partial charge in [0.25, 0.3) is 0 Å². The van der Waals surface area contributed by atoms with Crippen molar-refractivity contribution in [2.45, 2.75) is 59.8 Å². The lowest BCUT2D eigenvalue weighted by atomic mass is 10.0. The second-order valence-corrected chi connectivity index (χ2v) is 6.94. The monoisotopic (exact) mass is 360 g/mol. The quantitative estimate of drug-likeness (QED) is 0.327. The highest BCUT2D eigenvalue weighted by Gasteiger charge is 2.11. The van der Waals surface area contributed by atoms with E-state index in [-0.39, 0.29) is 18.3 Å². The average molecular weight is 361 g/mol. The number of ketones is 1. The van der Waals surface area contributed by atoms with E-state index < -0.39 is 0 Å². The normalized spacial score (nSPS) is 12.7. The fourth-order valence-corrected chi connectivity index (χ4v) is 2.24. The Morgan fingerprint density at radius 2 is 1.24 bits per heavy atom. The third-order valence-electron chi connectivity index (χ3n) is 3.97. The number of carbonyl (C=O) groups excluding carboxylic acids is 1. The summed E-state index contributed by atoms with van der Waals surface area (Å²) in [5.41, 5.74) is 0. The number of unbranched alkanes of at least 4 members (excludes halogenated alkanes) is 1. The van der Waals surface area contributed by atoms with E-state index in [2.05, 4.69) is 20.8 Å². The van der Waals surface area contributed by atoms with Gasteiger partial charge in [-0.1, -0.05) is 40.5 Å². The Morgan fingerprint density at radius 3 is 1.76 bits per heavy atom. The van der Waals surface area contributed by atoms with Gasteiger partial charge >= 0.3 is 0 Å².